The molecule has 3 nitrogen and oxygen atoms in total. The minimum atomic E-state index is -2.78. The summed E-state index contributed by atoms with van der Waals surface area (Å²) in [5, 5.41) is 0. The van der Waals surface area contributed by atoms with Gasteiger partial charge in [-0.15, -0.1) is 0 Å². The van der Waals surface area contributed by atoms with Crippen LogP contribution in [-0.2, 0) is 6.54 Å². The summed E-state index contributed by atoms with van der Waals surface area (Å²) in [7, 11) is 0. The number of hydrogen-bond acceptors (Lipinski definition) is 3. The highest BCUT2D eigenvalue weighted by atomic mass is 19.3. The fraction of sp³-hybridized carbons (Fsp3) is 0.600. The van der Waals surface area contributed by atoms with Crippen LogP contribution < -0.4 is 10.5 Å². The topological polar surface area (TPSA) is 38.5 Å². The van der Waals surface area contributed by atoms with Crippen LogP contribution in [0.25, 0.3) is 0 Å². The molecule has 20 heavy (non-hydrogen) atoms. The third-order valence-corrected chi connectivity index (χ3v) is 4.57. The summed E-state index contributed by atoms with van der Waals surface area (Å²) in [6, 6.07) is 7.33. The number of ether oxygens (including phenoxy) is 1. The van der Waals surface area contributed by atoms with Crippen molar-refractivity contribution in [3.05, 3.63) is 29.8 Å². The maximum atomic E-state index is 12.4. The van der Waals surface area contributed by atoms with E-state index in [9.17, 15) is 8.78 Å². The van der Waals surface area contributed by atoms with Crippen molar-refractivity contribution in [2.75, 3.05) is 13.1 Å². The molecule has 1 heterocycles. The van der Waals surface area contributed by atoms with Gasteiger partial charge in [0.15, 0.2) is 0 Å². The second-order valence-electron chi connectivity index (χ2n) is 5.85. The average molecular weight is 282 g/mol. The van der Waals surface area contributed by atoms with Crippen LogP contribution in [0.5, 0.6) is 5.75 Å². The van der Waals surface area contributed by atoms with E-state index < -0.39 is 6.61 Å². The molecule has 2 N–H and O–H groups in total. The molecule has 3 unspecified atom stereocenters. The van der Waals surface area contributed by atoms with E-state index in [-0.39, 0.29) is 5.75 Å². The van der Waals surface area contributed by atoms with Gasteiger partial charge >= 0.3 is 6.61 Å². The van der Waals surface area contributed by atoms with Crippen LogP contribution in [0.4, 0.5) is 8.78 Å². The first-order chi connectivity index (χ1) is 9.63. The molecular weight excluding hydrogens is 262 g/mol. The third kappa shape index (κ3) is 2.79. The van der Waals surface area contributed by atoms with Gasteiger partial charge in [-0.05, 0) is 30.7 Å². The summed E-state index contributed by atoms with van der Waals surface area (Å²) < 4.78 is 29.4. The van der Waals surface area contributed by atoms with Gasteiger partial charge in [0.2, 0.25) is 0 Å². The lowest BCUT2D eigenvalue weighted by molar-refractivity contribution is -0.0507. The highest BCUT2D eigenvalue weighted by Crippen LogP contribution is 2.38. The molecule has 0 bridgehead atoms. The number of alkyl halides is 2. The smallest absolute Gasteiger partial charge is 0.387 e. The quantitative estimate of drug-likeness (QED) is 0.922. The Bertz CT molecular complexity index is 469. The van der Waals surface area contributed by atoms with Gasteiger partial charge < -0.3 is 10.5 Å². The minimum Gasteiger partial charge on any atom is -0.434 e. The Balaban J connectivity index is 1.67. The molecule has 0 aromatic heterocycles. The Morgan fingerprint density at radius 3 is 2.80 bits per heavy atom. The highest BCUT2D eigenvalue weighted by molar-refractivity contribution is 5.33. The van der Waals surface area contributed by atoms with Gasteiger partial charge in [-0.1, -0.05) is 18.2 Å². The molecule has 1 saturated carbocycles. The van der Waals surface area contributed by atoms with E-state index in [4.69, 9.17) is 5.73 Å². The molecule has 3 atom stereocenters. The summed E-state index contributed by atoms with van der Waals surface area (Å²) in [5.74, 6) is 1.52. The number of likely N-dealkylation sites (tertiary alicyclic amines) is 1. The Morgan fingerprint density at radius 2 is 2.05 bits per heavy atom. The fourth-order valence-corrected chi connectivity index (χ4v) is 3.62. The number of nitrogens with zero attached hydrogens (tertiary/aromatic N) is 1. The number of fused-ring (bicyclic) bond motifs is 1. The summed E-state index contributed by atoms with van der Waals surface area (Å²) in [6.45, 7) is -0.138. The molecule has 1 aromatic rings. The van der Waals surface area contributed by atoms with Gasteiger partial charge in [-0.25, -0.2) is 0 Å². The standard InChI is InChI=1S/C15H20F2N2O/c16-15(17)20-14-4-2-1-3-11(14)8-19-7-10-5-6-13(18)12(10)9-19/h1-4,10,12-13,15H,5-9,18H2. The number of para-hydroxylation sites is 1. The van der Waals surface area contributed by atoms with Gasteiger partial charge in [0, 0.05) is 31.2 Å². The van der Waals surface area contributed by atoms with E-state index >= 15 is 0 Å². The maximum absolute atomic E-state index is 12.4. The SMILES string of the molecule is NC1CCC2CN(Cc3ccccc3OC(F)F)CC12. The van der Waals surface area contributed by atoms with Gasteiger partial charge in [0.25, 0.3) is 0 Å². The first-order valence-electron chi connectivity index (χ1n) is 7.14. The van der Waals surface area contributed by atoms with E-state index in [2.05, 4.69) is 9.64 Å². The largest absolute Gasteiger partial charge is 0.434 e. The molecule has 2 aliphatic rings. The molecule has 0 amide bonds. The van der Waals surface area contributed by atoms with Crippen LogP contribution in [-0.4, -0.2) is 30.6 Å². The predicted octanol–water partition coefficient (Wildman–Crippen LogP) is 2.46. The maximum Gasteiger partial charge on any atom is 0.387 e. The van der Waals surface area contributed by atoms with Crippen LogP contribution >= 0.6 is 0 Å². The van der Waals surface area contributed by atoms with Gasteiger partial charge in [0.05, 0.1) is 0 Å². The number of nitrogens with two attached hydrogens (primary N) is 1. The van der Waals surface area contributed by atoms with Crippen molar-refractivity contribution in [3.63, 3.8) is 0 Å². The zero-order valence-corrected chi connectivity index (χ0v) is 11.3. The lowest BCUT2D eigenvalue weighted by Gasteiger charge is -2.20. The number of hydrogen-bond donors (Lipinski definition) is 1. The van der Waals surface area contributed by atoms with Crippen molar-refractivity contribution in [2.24, 2.45) is 17.6 Å². The Hall–Kier alpha value is -1.20. The molecule has 1 aliphatic heterocycles. The van der Waals surface area contributed by atoms with Crippen LogP contribution in [0.2, 0.25) is 0 Å². The number of halogens is 2. The van der Waals surface area contributed by atoms with Crippen molar-refractivity contribution in [2.45, 2.75) is 32.0 Å². The minimum absolute atomic E-state index is 0.281. The molecule has 110 valence electrons. The normalized spacial score (nSPS) is 29.9. The zero-order chi connectivity index (χ0) is 14.1. The van der Waals surface area contributed by atoms with Gasteiger partial charge in [0.1, 0.15) is 5.75 Å². The summed E-state index contributed by atoms with van der Waals surface area (Å²) in [6.07, 6.45) is 2.31. The van der Waals surface area contributed by atoms with Gasteiger partial charge in [-0.2, -0.15) is 8.78 Å². The van der Waals surface area contributed by atoms with Crippen LogP contribution in [0, 0.1) is 11.8 Å². The van der Waals surface area contributed by atoms with E-state index in [1.165, 1.54) is 6.42 Å². The van der Waals surface area contributed by atoms with Crippen molar-refractivity contribution >= 4 is 0 Å². The fourth-order valence-electron chi connectivity index (χ4n) is 3.62. The summed E-state index contributed by atoms with van der Waals surface area (Å²) in [5.41, 5.74) is 6.94. The van der Waals surface area contributed by atoms with Gasteiger partial charge in [-0.3, -0.25) is 4.90 Å². The Kier molecular flexibility index (Phi) is 3.89. The second-order valence-corrected chi connectivity index (χ2v) is 5.85. The lowest BCUT2D eigenvalue weighted by Crippen LogP contribution is -2.30. The van der Waals surface area contributed by atoms with Crippen molar-refractivity contribution < 1.29 is 13.5 Å². The first-order valence-corrected chi connectivity index (χ1v) is 7.14. The second kappa shape index (κ2) is 5.66. The first kappa shape index (κ1) is 13.8. The molecule has 0 radical (unpaired) electrons. The molecule has 1 aromatic carbocycles. The van der Waals surface area contributed by atoms with Crippen LogP contribution in [0.3, 0.4) is 0 Å². The summed E-state index contributed by atoms with van der Waals surface area (Å²) in [4.78, 5) is 2.31. The van der Waals surface area contributed by atoms with Crippen molar-refractivity contribution in [1.82, 2.24) is 4.90 Å². The molecule has 5 heteroatoms. The molecular formula is C15H20F2N2O. The van der Waals surface area contributed by atoms with Crippen molar-refractivity contribution in [1.29, 1.82) is 0 Å². The molecule has 3 rings (SSSR count). The Morgan fingerprint density at radius 1 is 1.25 bits per heavy atom. The van der Waals surface area contributed by atoms with E-state index in [0.717, 1.165) is 25.1 Å². The van der Waals surface area contributed by atoms with Crippen LogP contribution in [0.1, 0.15) is 18.4 Å². The zero-order valence-electron chi connectivity index (χ0n) is 11.3. The predicted molar refractivity (Wildman–Crippen MR) is 72.5 cm³/mol. The molecule has 2 fully saturated rings. The van der Waals surface area contributed by atoms with E-state index in [1.54, 1.807) is 12.1 Å². The molecule has 1 aliphatic carbocycles. The molecule has 0 spiro atoms. The average Bonchev–Trinajstić information content (AvgIpc) is 2.94. The lowest BCUT2D eigenvalue weighted by atomic mass is 9.98. The number of rotatable bonds is 4. The third-order valence-electron chi connectivity index (χ3n) is 4.57. The van der Waals surface area contributed by atoms with E-state index in [0.29, 0.717) is 24.4 Å². The highest BCUT2D eigenvalue weighted by Gasteiger charge is 2.40. The summed E-state index contributed by atoms with van der Waals surface area (Å²) >= 11 is 0. The Labute approximate surface area is 117 Å². The van der Waals surface area contributed by atoms with Crippen LogP contribution in [0.15, 0.2) is 24.3 Å². The number of benzene rings is 1. The van der Waals surface area contributed by atoms with E-state index in [1.807, 2.05) is 12.1 Å². The molecule has 1 saturated heterocycles. The van der Waals surface area contributed by atoms with Crippen molar-refractivity contribution in [3.8, 4) is 5.75 Å². The monoisotopic (exact) mass is 282 g/mol.